The quantitative estimate of drug-likeness (QED) is 0.444. The Labute approximate surface area is 156 Å². The lowest BCUT2D eigenvalue weighted by molar-refractivity contribution is -0.114. The summed E-state index contributed by atoms with van der Waals surface area (Å²) < 4.78 is 4.97. The third kappa shape index (κ3) is 3.65. The number of ketones is 1. The van der Waals surface area contributed by atoms with Crippen molar-refractivity contribution in [3.05, 3.63) is 59.2 Å². The van der Waals surface area contributed by atoms with Crippen molar-refractivity contribution in [1.29, 1.82) is 0 Å². The smallest absolute Gasteiger partial charge is 0.338 e. The fourth-order valence-corrected chi connectivity index (χ4v) is 3.70. The van der Waals surface area contributed by atoms with Gasteiger partial charge >= 0.3 is 5.97 Å². The van der Waals surface area contributed by atoms with E-state index in [-0.39, 0.29) is 5.97 Å². The summed E-state index contributed by atoms with van der Waals surface area (Å²) >= 11 is 1.63. The Morgan fingerprint density at radius 2 is 1.85 bits per heavy atom. The zero-order chi connectivity index (χ0) is 18.7. The van der Waals surface area contributed by atoms with E-state index in [0.29, 0.717) is 23.4 Å². The van der Waals surface area contributed by atoms with Crippen LogP contribution < -0.4 is 4.90 Å². The average molecular weight is 369 g/mol. The molecule has 26 heavy (non-hydrogen) atoms. The summed E-state index contributed by atoms with van der Waals surface area (Å²) in [5, 5.41) is 0. The zero-order valence-corrected chi connectivity index (χ0v) is 15.5. The first-order valence-electron chi connectivity index (χ1n) is 8.36. The fraction of sp³-hybridized carbons (Fsp3) is 0.250. The first kappa shape index (κ1) is 18.2. The topological polar surface area (TPSA) is 63.7 Å². The summed E-state index contributed by atoms with van der Waals surface area (Å²) in [6.45, 7) is 2.14. The van der Waals surface area contributed by atoms with Crippen LogP contribution in [0.2, 0.25) is 0 Å². The van der Waals surface area contributed by atoms with Gasteiger partial charge in [-0.05, 0) is 49.2 Å². The molecule has 0 atom stereocenters. The van der Waals surface area contributed by atoms with Gasteiger partial charge in [-0.25, -0.2) is 4.79 Å². The van der Waals surface area contributed by atoms with Crippen LogP contribution in [0.25, 0.3) is 0 Å². The Bertz CT molecular complexity index is 861. The molecule has 2 aromatic carbocycles. The van der Waals surface area contributed by atoms with Crippen molar-refractivity contribution in [2.45, 2.75) is 18.2 Å². The van der Waals surface area contributed by atoms with Gasteiger partial charge in [0.1, 0.15) is 0 Å². The molecule has 0 aromatic heterocycles. The lowest BCUT2D eigenvalue weighted by atomic mass is 10.1. The van der Waals surface area contributed by atoms with E-state index >= 15 is 0 Å². The molecule has 1 aliphatic heterocycles. The van der Waals surface area contributed by atoms with Gasteiger partial charge in [0, 0.05) is 17.7 Å². The molecule has 0 unspecified atom stereocenters. The summed E-state index contributed by atoms with van der Waals surface area (Å²) in [5.74, 6) is -0.408. The Morgan fingerprint density at radius 3 is 2.54 bits per heavy atom. The Kier molecular flexibility index (Phi) is 5.42. The molecule has 6 heteroatoms. The van der Waals surface area contributed by atoms with Gasteiger partial charge in [-0.1, -0.05) is 12.1 Å². The number of carbonyl (C=O) groups is 3. The summed E-state index contributed by atoms with van der Waals surface area (Å²) in [4.78, 5) is 37.7. The molecule has 3 rings (SSSR count). The molecule has 0 radical (unpaired) electrons. The van der Waals surface area contributed by atoms with E-state index in [2.05, 4.69) is 0 Å². The summed E-state index contributed by atoms with van der Waals surface area (Å²) in [5.41, 5.74) is 2.81. The van der Waals surface area contributed by atoms with E-state index in [0.717, 1.165) is 22.6 Å². The van der Waals surface area contributed by atoms with E-state index in [9.17, 15) is 14.4 Å². The maximum absolute atomic E-state index is 11.9. The maximum Gasteiger partial charge on any atom is 0.338 e. The van der Waals surface area contributed by atoms with Gasteiger partial charge in [-0.15, -0.1) is 11.8 Å². The van der Waals surface area contributed by atoms with E-state index in [1.807, 2.05) is 24.3 Å². The number of likely N-dealkylation sites (N-methyl/N-ethyl adjacent to an activating group) is 1. The number of ether oxygens (including phenoxy) is 1. The van der Waals surface area contributed by atoms with Crippen LogP contribution in [0, 0.1) is 0 Å². The molecule has 1 heterocycles. The second-order valence-electron chi connectivity index (χ2n) is 5.89. The number of anilines is 1. The molecule has 1 aliphatic rings. The SMILES string of the molecule is CCOC(=O)c1ccc(CCSc2ccc3c(c2)C(=O)C(=O)N3C)cc1. The van der Waals surface area contributed by atoms with Crippen LogP contribution in [-0.4, -0.2) is 37.1 Å². The number of Topliss-reactive ketones (excluding diaryl/α,β-unsaturated/α-hetero) is 1. The first-order chi connectivity index (χ1) is 12.5. The maximum atomic E-state index is 11.9. The number of thioether (sulfide) groups is 1. The molecule has 0 spiro atoms. The number of hydrogen-bond donors (Lipinski definition) is 0. The highest BCUT2D eigenvalue weighted by molar-refractivity contribution is 7.99. The van der Waals surface area contributed by atoms with Gasteiger partial charge in [0.25, 0.3) is 11.7 Å². The molecular formula is C20H19NO4S. The van der Waals surface area contributed by atoms with Crippen molar-refractivity contribution >= 4 is 35.1 Å². The third-order valence-corrected chi connectivity index (χ3v) is 5.19. The van der Waals surface area contributed by atoms with E-state index in [1.165, 1.54) is 4.90 Å². The minimum atomic E-state index is -0.483. The normalized spacial score (nSPS) is 13.1. The van der Waals surface area contributed by atoms with Crippen LogP contribution in [0.3, 0.4) is 0 Å². The molecule has 0 saturated heterocycles. The fourth-order valence-electron chi connectivity index (χ4n) is 2.76. The minimum absolute atomic E-state index is 0.309. The molecule has 1 amide bonds. The van der Waals surface area contributed by atoms with Crippen molar-refractivity contribution in [2.75, 3.05) is 24.3 Å². The molecule has 0 N–H and O–H groups in total. The van der Waals surface area contributed by atoms with Gasteiger partial charge in [0.2, 0.25) is 0 Å². The van der Waals surface area contributed by atoms with E-state index < -0.39 is 11.7 Å². The Hall–Kier alpha value is -2.60. The van der Waals surface area contributed by atoms with Gasteiger partial charge in [0.05, 0.1) is 23.4 Å². The summed E-state index contributed by atoms with van der Waals surface area (Å²) in [6, 6.07) is 12.9. The molecule has 5 nitrogen and oxygen atoms in total. The van der Waals surface area contributed by atoms with Crippen LogP contribution in [0.5, 0.6) is 0 Å². The monoisotopic (exact) mass is 369 g/mol. The lowest BCUT2D eigenvalue weighted by Crippen LogP contribution is -2.24. The number of hydrogen-bond acceptors (Lipinski definition) is 5. The van der Waals surface area contributed by atoms with Crippen LogP contribution in [0.4, 0.5) is 5.69 Å². The second kappa shape index (κ2) is 7.74. The summed E-state index contributed by atoms with van der Waals surface area (Å²) in [6.07, 6.45) is 0.831. The van der Waals surface area contributed by atoms with E-state index in [4.69, 9.17) is 4.74 Å². The highest BCUT2D eigenvalue weighted by Crippen LogP contribution is 2.31. The molecule has 0 aliphatic carbocycles. The van der Waals surface area contributed by atoms with Crippen molar-refractivity contribution in [2.24, 2.45) is 0 Å². The molecule has 2 aromatic rings. The lowest BCUT2D eigenvalue weighted by Gasteiger charge is -2.09. The first-order valence-corrected chi connectivity index (χ1v) is 9.35. The minimum Gasteiger partial charge on any atom is -0.462 e. The Morgan fingerprint density at radius 1 is 1.12 bits per heavy atom. The molecule has 0 bridgehead atoms. The number of amides is 1. The molecular weight excluding hydrogens is 350 g/mol. The number of rotatable bonds is 6. The van der Waals surface area contributed by atoms with Crippen LogP contribution in [-0.2, 0) is 16.0 Å². The average Bonchev–Trinajstić information content (AvgIpc) is 2.87. The predicted octanol–water partition coefficient (Wildman–Crippen LogP) is 3.36. The third-order valence-electron chi connectivity index (χ3n) is 4.20. The highest BCUT2D eigenvalue weighted by atomic mass is 32.2. The molecule has 0 fully saturated rings. The highest BCUT2D eigenvalue weighted by Gasteiger charge is 2.33. The largest absolute Gasteiger partial charge is 0.462 e. The molecule has 134 valence electrons. The number of benzene rings is 2. The van der Waals surface area contributed by atoms with Gasteiger partial charge in [-0.3, -0.25) is 9.59 Å². The zero-order valence-electron chi connectivity index (χ0n) is 14.7. The van der Waals surface area contributed by atoms with Crippen molar-refractivity contribution in [1.82, 2.24) is 0 Å². The van der Waals surface area contributed by atoms with E-state index in [1.54, 1.807) is 43.9 Å². The number of esters is 1. The second-order valence-corrected chi connectivity index (χ2v) is 7.06. The number of fused-ring (bicyclic) bond motifs is 1. The predicted molar refractivity (Wildman–Crippen MR) is 101 cm³/mol. The molecule has 0 saturated carbocycles. The number of carbonyl (C=O) groups excluding carboxylic acids is 3. The number of aryl methyl sites for hydroxylation is 1. The Balaban J connectivity index is 1.58. The van der Waals surface area contributed by atoms with Crippen molar-refractivity contribution in [3.63, 3.8) is 0 Å². The van der Waals surface area contributed by atoms with Crippen molar-refractivity contribution < 1.29 is 19.1 Å². The van der Waals surface area contributed by atoms with Gasteiger partial charge in [0.15, 0.2) is 0 Å². The summed E-state index contributed by atoms with van der Waals surface area (Å²) in [7, 11) is 1.61. The van der Waals surface area contributed by atoms with Gasteiger partial charge < -0.3 is 9.64 Å². The van der Waals surface area contributed by atoms with Crippen molar-refractivity contribution in [3.8, 4) is 0 Å². The number of nitrogens with zero attached hydrogens (tertiary/aromatic N) is 1. The standard InChI is InChI=1S/C20H19NO4S/c1-3-25-20(24)14-6-4-13(5-7-14)10-11-26-15-8-9-17-16(12-15)18(22)19(23)21(17)2/h4-9,12H,3,10-11H2,1-2H3. The van der Waals surface area contributed by atoms with Crippen LogP contribution in [0.15, 0.2) is 47.4 Å². The van der Waals surface area contributed by atoms with Crippen LogP contribution >= 0.6 is 11.8 Å². The van der Waals surface area contributed by atoms with Gasteiger partial charge in [-0.2, -0.15) is 0 Å². The van der Waals surface area contributed by atoms with Crippen LogP contribution in [0.1, 0.15) is 33.2 Å².